The molecule has 0 bridgehead atoms. The fourth-order valence-corrected chi connectivity index (χ4v) is 3.11. The maximum absolute atomic E-state index is 6.22. The Hall–Kier alpha value is -3.74. The van der Waals surface area contributed by atoms with Gasteiger partial charge < -0.3 is 5.73 Å². The Labute approximate surface area is 148 Å². The predicted molar refractivity (Wildman–Crippen MR) is 100 cm³/mol. The molecule has 5 aromatic rings. The van der Waals surface area contributed by atoms with E-state index in [0.717, 1.165) is 33.3 Å². The van der Waals surface area contributed by atoms with Crippen LogP contribution in [0.5, 0.6) is 0 Å². The van der Waals surface area contributed by atoms with Crippen molar-refractivity contribution < 1.29 is 0 Å². The van der Waals surface area contributed by atoms with E-state index in [-0.39, 0.29) is 0 Å². The second-order valence-corrected chi connectivity index (χ2v) is 6.18. The standard InChI is InChI=1S/C19H15N7/c1-25-11-14(9-22-25)15-10-23-26-18(20)7-17(24-19(15)26)13-6-12-4-2-3-5-16(12)21-8-13/h2-11H,20H2,1H3. The van der Waals surface area contributed by atoms with Gasteiger partial charge in [0.1, 0.15) is 5.82 Å². The van der Waals surface area contributed by atoms with Crippen molar-refractivity contribution in [3.05, 3.63) is 61.2 Å². The lowest BCUT2D eigenvalue weighted by atomic mass is 10.1. The van der Waals surface area contributed by atoms with Gasteiger partial charge in [-0.05, 0) is 12.1 Å². The molecule has 0 atom stereocenters. The van der Waals surface area contributed by atoms with E-state index < -0.39 is 0 Å². The Kier molecular flexibility index (Phi) is 3.02. The number of nitrogens with zero attached hydrogens (tertiary/aromatic N) is 6. The fraction of sp³-hybridized carbons (Fsp3) is 0.0526. The van der Waals surface area contributed by atoms with Crippen LogP contribution in [0.4, 0.5) is 5.82 Å². The number of hydrogen-bond donors (Lipinski definition) is 1. The smallest absolute Gasteiger partial charge is 0.165 e. The number of rotatable bonds is 2. The molecule has 126 valence electrons. The van der Waals surface area contributed by atoms with E-state index in [1.54, 1.807) is 21.6 Å². The van der Waals surface area contributed by atoms with Crippen molar-refractivity contribution >= 4 is 22.4 Å². The summed E-state index contributed by atoms with van der Waals surface area (Å²) in [7, 11) is 1.88. The van der Waals surface area contributed by atoms with Crippen molar-refractivity contribution in [3.63, 3.8) is 0 Å². The summed E-state index contributed by atoms with van der Waals surface area (Å²) in [5, 5.41) is 9.65. The molecule has 0 unspecified atom stereocenters. The monoisotopic (exact) mass is 341 g/mol. The van der Waals surface area contributed by atoms with Gasteiger partial charge in [-0.3, -0.25) is 9.67 Å². The molecular weight excluding hydrogens is 326 g/mol. The molecule has 0 aliphatic carbocycles. The second kappa shape index (κ2) is 5.38. The van der Waals surface area contributed by atoms with E-state index in [9.17, 15) is 0 Å². The quantitative estimate of drug-likeness (QED) is 0.533. The molecule has 0 spiro atoms. The van der Waals surface area contributed by atoms with E-state index in [4.69, 9.17) is 10.7 Å². The van der Waals surface area contributed by atoms with Gasteiger partial charge in [-0.25, -0.2) is 4.98 Å². The van der Waals surface area contributed by atoms with Crippen LogP contribution in [-0.4, -0.2) is 29.4 Å². The highest BCUT2D eigenvalue weighted by Gasteiger charge is 2.14. The SMILES string of the molecule is Cn1cc(-c2cnn3c(N)cc(-c4cnc5ccccc5c4)nc23)cn1. The van der Waals surface area contributed by atoms with E-state index in [1.165, 1.54) is 0 Å². The minimum Gasteiger partial charge on any atom is -0.384 e. The van der Waals surface area contributed by atoms with Crippen LogP contribution in [-0.2, 0) is 7.05 Å². The van der Waals surface area contributed by atoms with Gasteiger partial charge in [0.2, 0.25) is 0 Å². The Morgan fingerprint density at radius 1 is 0.962 bits per heavy atom. The number of aromatic nitrogens is 6. The molecule has 0 aliphatic rings. The lowest BCUT2D eigenvalue weighted by Crippen LogP contribution is -2.01. The van der Waals surface area contributed by atoms with Gasteiger partial charge in [0.15, 0.2) is 5.65 Å². The van der Waals surface area contributed by atoms with Crippen LogP contribution in [0.1, 0.15) is 0 Å². The van der Waals surface area contributed by atoms with E-state index >= 15 is 0 Å². The number of nitrogen functional groups attached to an aromatic ring is 1. The van der Waals surface area contributed by atoms with Crippen LogP contribution in [0.15, 0.2) is 61.2 Å². The number of pyridine rings is 1. The van der Waals surface area contributed by atoms with Crippen molar-refractivity contribution in [1.82, 2.24) is 29.4 Å². The third-order valence-corrected chi connectivity index (χ3v) is 4.40. The first-order valence-electron chi connectivity index (χ1n) is 8.17. The number of hydrogen-bond acceptors (Lipinski definition) is 5. The number of nitrogens with two attached hydrogens (primary N) is 1. The largest absolute Gasteiger partial charge is 0.384 e. The Balaban J connectivity index is 1.72. The zero-order chi connectivity index (χ0) is 17.7. The molecule has 0 aliphatic heterocycles. The summed E-state index contributed by atoms with van der Waals surface area (Å²) in [6, 6.07) is 11.9. The topological polar surface area (TPSA) is 86.9 Å². The van der Waals surface area contributed by atoms with Gasteiger partial charge in [-0.15, -0.1) is 0 Å². The van der Waals surface area contributed by atoms with Gasteiger partial charge in [-0.2, -0.15) is 14.7 Å². The molecule has 0 radical (unpaired) electrons. The summed E-state index contributed by atoms with van der Waals surface area (Å²) in [5.74, 6) is 0.522. The number of fused-ring (bicyclic) bond motifs is 2. The summed E-state index contributed by atoms with van der Waals surface area (Å²) in [6.45, 7) is 0. The Morgan fingerprint density at radius 2 is 1.85 bits per heavy atom. The lowest BCUT2D eigenvalue weighted by molar-refractivity contribution is 0.768. The van der Waals surface area contributed by atoms with E-state index in [0.29, 0.717) is 11.5 Å². The minimum absolute atomic E-state index is 0.522. The summed E-state index contributed by atoms with van der Waals surface area (Å²) >= 11 is 0. The van der Waals surface area contributed by atoms with Crippen molar-refractivity contribution in [2.45, 2.75) is 0 Å². The molecule has 5 rings (SSSR count). The zero-order valence-corrected chi connectivity index (χ0v) is 14.0. The highest BCUT2D eigenvalue weighted by molar-refractivity contribution is 5.84. The maximum atomic E-state index is 6.22. The van der Waals surface area contributed by atoms with Crippen molar-refractivity contribution in [3.8, 4) is 22.4 Å². The van der Waals surface area contributed by atoms with Crippen LogP contribution in [0.25, 0.3) is 38.9 Å². The van der Waals surface area contributed by atoms with Crippen molar-refractivity contribution in [2.24, 2.45) is 7.05 Å². The average molecular weight is 341 g/mol. The van der Waals surface area contributed by atoms with E-state index in [2.05, 4.69) is 21.2 Å². The molecule has 0 amide bonds. The summed E-state index contributed by atoms with van der Waals surface area (Å²) in [4.78, 5) is 9.32. The van der Waals surface area contributed by atoms with Crippen molar-refractivity contribution in [1.29, 1.82) is 0 Å². The summed E-state index contributed by atoms with van der Waals surface area (Å²) < 4.78 is 3.39. The molecule has 26 heavy (non-hydrogen) atoms. The minimum atomic E-state index is 0.522. The number of aryl methyl sites for hydroxylation is 1. The van der Waals surface area contributed by atoms with Gasteiger partial charge >= 0.3 is 0 Å². The molecule has 7 heteroatoms. The van der Waals surface area contributed by atoms with Crippen LogP contribution in [0.2, 0.25) is 0 Å². The molecule has 0 fully saturated rings. The molecule has 0 saturated heterocycles. The highest BCUT2D eigenvalue weighted by Crippen LogP contribution is 2.28. The lowest BCUT2D eigenvalue weighted by Gasteiger charge is -2.06. The van der Waals surface area contributed by atoms with Gasteiger partial charge in [-0.1, -0.05) is 18.2 Å². The van der Waals surface area contributed by atoms with Crippen LogP contribution in [0, 0.1) is 0 Å². The first-order valence-corrected chi connectivity index (χ1v) is 8.17. The Morgan fingerprint density at radius 3 is 2.69 bits per heavy atom. The number of para-hydroxylation sites is 1. The molecule has 7 nitrogen and oxygen atoms in total. The third kappa shape index (κ3) is 2.21. The second-order valence-electron chi connectivity index (χ2n) is 6.18. The van der Waals surface area contributed by atoms with Gasteiger partial charge in [0, 0.05) is 47.6 Å². The third-order valence-electron chi connectivity index (χ3n) is 4.40. The first-order chi connectivity index (χ1) is 12.7. The molecule has 4 aromatic heterocycles. The van der Waals surface area contributed by atoms with Crippen LogP contribution in [0.3, 0.4) is 0 Å². The maximum Gasteiger partial charge on any atom is 0.165 e. The molecule has 0 saturated carbocycles. The van der Waals surface area contributed by atoms with E-state index in [1.807, 2.05) is 49.8 Å². The highest BCUT2D eigenvalue weighted by atomic mass is 15.3. The summed E-state index contributed by atoms with van der Waals surface area (Å²) in [5.41, 5.74) is 11.4. The van der Waals surface area contributed by atoms with Crippen LogP contribution >= 0.6 is 0 Å². The Bertz CT molecular complexity index is 1270. The molecule has 1 aromatic carbocycles. The average Bonchev–Trinajstić information content (AvgIpc) is 3.27. The predicted octanol–water partition coefficient (Wildman–Crippen LogP) is 2.93. The fourth-order valence-electron chi connectivity index (χ4n) is 3.11. The van der Waals surface area contributed by atoms with Crippen LogP contribution < -0.4 is 5.73 Å². The summed E-state index contributed by atoms with van der Waals surface area (Å²) in [6.07, 6.45) is 7.30. The zero-order valence-electron chi connectivity index (χ0n) is 14.0. The number of anilines is 1. The first kappa shape index (κ1) is 14.6. The molecule has 4 heterocycles. The normalized spacial score (nSPS) is 11.4. The molecule has 2 N–H and O–H groups in total. The van der Waals surface area contributed by atoms with Gasteiger partial charge in [0.05, 0.1) is 23.6 Å². The number of benzene rings is 1. The molecular formula is C19H15N7. The van der Waals surface area contributed by atoms with Crippen molar-refractivity contribution in [2.75, 3.05) is 5.73 Å². The van der Waals surface area contributed by atoms with Gasteiger partial charge in [0.25, 0.3) is 0 Å².